The van der Waals surface area contributed by atoms with Gasteiger partial charge < -0.3 is 4.90 Å². The molecule has 1 fully saturated rings. The van der Waals surface area contributed by atoms with E-state index >= 15 is 0 Å². The second kappa shape index (κ2) is 7.41. The molecule has 0 aromatic rings. The zero-order valence-electron chi connectivity index (χ0n) is 17.2. The summed E-state index contributed by atoms with van der Waals surface area (Å²) in [7, 11) is 2.28. The normalized spacial score (nSPS) is 33.0. The van der Waals surface area contributed by atoms with Crippen molar-refractivity contribution < 1.29 is 0 Å². The molecule has 0 N–H and O–H groups in total. The monoisotopic (exact) mass is 351 g/mol. The second-order valence-corrected chi connectivity index (χ2v) is 9.54. The number of hydrogen-bond donors (Lipinski definition) is 0. The van der Waals surface area contributed by atoms with Crippen LogP contribution in [0.4, 0.5) is 0 Å². The van der Waals surface area contributed by atoms with Crippen LogP contribution in [0.15, 0.2) is 46.7 Å². The SMILES string of the molecule is CCC1CC2=C(C=CC(C)(C3=CC=C(C4CCCCC4)CC3)C2)N(C)C1. The van der Waals surface area contributed by atoms with Crippen LogP contribution < -0.4 is 0 Å². The Morgan fingerprint density at radius 1 is 1.12 bits per heavy atom. The molecule has 0 amide bonds. The van der Waals surface area contributed by atoms with Gasteiger partial charge in [-0.1, -0.05) is 68.9 Å². The third kappa shape index (κ3) is 3.47. The third-order valence-electron chi connectivity index (χ3n) is 7.65. The largest absolute Gasteiger partial charge is 0.374 e. The van der Waals surface area contributed by atoms with Crippen LogP contribution >= 0.6 is 0 Å². The molecule has 0 aromatic carbocycles. The molecule has 0 bridgehead atoms. The molecule has 1 nitrogen and oxygen atoms in total. The number of rotatable bonds is 3. The molecule has 0 radical (unpaired) electrons. The maximum Gasteiger partial charge on any atom is 0.0353 e. The molecule has 2 unspecified atom stereocenters. The Morgan fingerprint density at radius 2 is 1.92 bits per heavy atom. The van der Waals surface area contributed by atoms with E-state index < -0.39 is 0 Å². The van der Waals surface area contributed by atoms with Crippen molar-refractivity contribution in [1.82, 2.24) is 4.90 Å². The molecule has 26 heavy (non-hydrogen) atoms. The van der Waals surface area contributed by atoms with E-state index in [-0.39, 0.29) is 5.41 Å². The maximum atomic E-state index is 2.51. The molecule has 1 saturated carbocycles. The highest BCUT2D eigenvalue weighted by molar-refractivity contribution is 5.41. The minimum absolute atomic E-state index is 0.240. The summed E-state index contributed by atoms with van der Waals surface area (Å²) in [5.41, 5.74) is 6.88. The van der Waals surface area contributed by atoms with Gasteiger partial charge in [0.15, 0.2) is 0 Å². The van der Waals surface area contributed by atoms with Gasteiger partial charge in [0.25, 0.3) is 0 Å². The van der Waals surface area contributed by atoms with Crippen molar-refractivity contribution in [2.24, 2.45) is 17.3 Å². The summed E-state index contributed by atoms with van der Waals surface area (Å²) in [4.78, 5) is 2.50. The highest BCUT2D eigenvalue weighted by atomic mass is 15.1. The molecule has 1 aliphatic heterocycles. The van der Waals surface area contributed by atoms with Crippen LogP contribution in [-0.2, 0) is 0 Å². The lowest BCUT2D eigenvalue weighted by Gasteiger charge is -2.42. The predicted octanol–water partition coefficient (Wildman–Crippen LogP) is 6.80. The van der Waals surface area contributed by atoms with Crippen molar-refractivity contribution in [3.05, 3.63) is 46.7 Å². The molecule has 4 aliphatic rings. The molecular formula is C25H37N. The molecule has 142 valence electrons. The van der Waals surface area contributed by atoms with E-state index in [1.54, 1.807) is 16.7 Å². The van der Waals surface area contributed by atoms with Gasteiger partial charge >= 0.3 is 0 Å². The van der Waals surface area contributed by atoms with Gasteiger partial charge in [0, 0.05) is 24.7 Å². The maximum absolute atomic E-state index is 2.51. The fraction of sp³-hybridized carbons (Fsp3) is 0.680. The lowest BCUT2D eigenvalue weighted by Crippen LogP contribution is -2.34. The van der Waals surface area contributed by atoms with Crippen LogP contribution in [0, 0.1) is 17.3 Å². The fourth-order valence-electron chi connectivity index (χ4n) is 5.88. The molecule has 0 saturated heterocycles. The van der Waals surface area contributed by atoms with Gasteiger partial charge in [-0.15, -0.1) is 0 Å². The van der Waals surface area contributed by atoms with E-state index in [2.05, 4.69) is 50.1 Å². The van der Waals surface area contributed by atoms with E-state index in [1.807, 2.05) is 0 Å². The van der Waals surface area contributed by atoms with Crippen molar-refractivity contribution >= 4 is 0 Å². The Kier molecular flexibility index (Phi) is 5.17. The average Bonchev–Trinajstić information content (AvgIpc) is 2.68. The summed E-state index contributed by atoms with van der Waals surface area (Å²) in [5.74, 6) is 1.73. The van der Waals surface area contributed by atoms with Crippen LogP contribution in [0.3, 0.4) is 0 Å². The summed E-state index contributed by atoms with van der Waals surface area (Å²) in [6.07, 6.45) is 23.6. The van der Waals surface area contributed by atoms with Crippen LogP contribution in [0.1, 0.15) is 78.1 Å². The van der Waals surface area contributed by atoms with E-state index in [1.165, 1.54) is 76.5 Å². The number of hydrogen-bond acceptors (Lipinski definition) is 1. The minimum Gasteiger partial charge on any atom is -0.374 e. The van der Waals surface area contributed by atoms with Gasteiger partial charge in [-0.2, -0.15) is 0 Å². The standard InChI is InChI=1S/C25H37N/c1-4-19-16-22-17-25(2,15-14-24(22)26(3)18-19)23-12-10-21(11-13-23)20-8-6-5-7-9-20/h10,12,14-15,19-20H,4-9,11,13,16-18H2,1-3H3. The molecule has 3 aliphatic carbocycles. The zero-order valence-corrected chi connectivity index (χ0v) is 17.2. The summed E-state index contributed by atoms with van der Waals surface area (Å²) in [6.45, 7) is 6.06. The third-order valence-corrected chi connectivity index (χ3v) is 7.65. The molecular weight excluding hydrogens is 314 g/mol. The first-order valence-electron chi connectivity index (χ1n) is 11.1. The van der Waals surface area contributed by atoms with Crippen molar-refractivity contribution in [1.29, 1.82) is 0 Å². The number of nitrogens with zero attached hydrogens (tertiary/aromatic N) is 1. The van der Waals surface area contributed by atoms with Crippen molar-refractivity contribution in [3.8, 4) is 0 Å². The van der Waals surface area contributed by atoms with Crippen LogP contribution in [0.2, 0.25) is 0 Å². The van der Waals surface area contributed by atoms with Crippen LogP contribution in [-0.4, -0.2) is 18.5 Å². The Morgan fingerprint density at radius 3 is 2.62 bits per heavy atom. The van der Waals surface area contributed by atoms with Gasteiger partial charge in [-0.05, 0) is 62.0 Å². The Hall–Kier alpha value is -1.24. The highest BCUT2D eigenvalue weighted by Crippen LogP contribution is 2.47. The second-order valence-electron chi connectivity index (χ2n) is 9.54. The van der Waals surface area contributed by atoms with Crippen molar-refractivity contribution in [2.75, 3.05) is 13.6 Å². The Bertz CT molecular complexity index is 656. The quantitative estimate of drug-likeness (QED) is 0.540. The van der Waals surface area contributed by atoms with Gasteiger partial charge in [0.1, 0.15) is 0 Å². The summed E-state index contributed by atoms with van der Waals surface area (Å²) < 4.78 is 0. The minimum atomic E-state index is 0.240. The highest BCUT2D eigenvalue weighted by Gasteiger charge is 2.35. The molecule has 0 aromatic heterocycles. The van der Waals surface area contributed by atoms with Gasteiger partial charge in [0.05, 0.1) is 0 Å². The topological polar surface area (TPSA) is 3.24 Å². The zero-order chi connectivity index (χ0) is 18.1. The summed E-state index contributed by atoms with van der Waals surface area (Å²) in [6, 6.07) is 0. The lowest BCUT2D eigenvalue weighted by molar-refractivity contribution is 0.282. The lowest BCUT2D eigenvalue weighted by atomic mass is 9.68. The fourth-order valence-corrected chi connectivity index (χ4v) is 5.88. The molecule has 1 heterocycles. The predicted molar refractivity (Wildman–Crippen MR) is 112 cm³/mol. The van der Waals surface area contributed by atoms with Crippen LogP contribution in [0.5, 0.6) is 0 Å². The van der Waals surface area contributed by atoms with Crippen molar-refractivity contribution in [2.45, 2.75) is 78.1 Å². The number of likely N-dealkylation sites (N-methyl/N-ethyl adjacent to an activating group) is 1. The van der Waals surface area contributed by atoms with Gasteiger partial charge in [0.2, 0.25) is 0 Å². The smallest absolute Gasteiger partial charge is 0.0353 e. The van der Waals surface area contributed by atoms with Crippen LogP contribution in [0.25, 0.3) is 0 Å². The molecule has 4 rings (SSSR count). The summed E-state index contributed by atoms with van der Waals surface area (Å²) in [5, 5.41) is 0. The molecule has 0 spiro atoms. The van der Waals surface area contributed by atoms with E-state index in [4.69, 9.17) is 0 Å². The van der Waals surface area contributed by atoms with E-state index in [9.17, 15) is 0 Å². The first-order chi connectivity index (χ1) is 12.6. The van der Waals surface area contributed by atoms with Gasteiger partial charge in [-0.3, -0.25) is 0 Å². The van der Waals surface area contributed by atoms with E-state index in [0.717, 1.165) is 11.8 Å². The van der Waals surface area contributed by atoms with Gasteiger partial charge in [-0.25, -0.2) is 0 Å². The molecule has 1 heteroatoms. The first kappa shape index (κ1) is 18.1. The average molecular weight is 352 g/mol. The Labute approximate surface area is 160 Å². The number of allylic oxidation sites excluding steroid dienone is 7. The van der Waals surface area contributed by atoms with Crippen molar-refractivity contribution in [3.63, 3.8) is 0 Å². The molecule has 2 atom stereocenters. The van der Waals surface area contributed by atoms with E-state index in [0.29, 0.717) is 0 Å². The summed E-state index contributed by atoms with van der Waals surface area (Å²) >= 11 is 0. The first-order valence-corrected chi connectivity index (χ1v) is 11.1. The Balaban J connectivity index is 1.51.